The van der Waals surface area contributed by atoms with Crippen LogP contribution in [-0.2, 0) is 0 Å². The van der Waals surface area contributed by atoms with Crippen LogP contribution in [0.1, 0.15) is 6.92 Å². The fourth-order valence-corrected chi connectivity index (χ4v) is 2.82. The van der Waals surface area contributed by atoms with E-state index in [2.05, 4.69) is 38.4 Å². The smallest absolute Gasteiger partial charge is 0.333 e. The van der Waals surface area contributed by atoms with Crippen LogP contribution in [0.25, 0.3) is 11.2 Å². The topological polar surface area (TPSA) is 83.0 Å². The molecule has 0 aliphatic rings. The maximum atomic E-state index is 11.9. The largest absolute Gasteiger partial charge is 0.337 e. The minimum absolute atomic E-state index is 0.328. The van der Waals surface area contributed by atoms with Crippen molar-refractivity contribution in [2.45, 2.75) is 6.92 Å². The molecule has 3 aromatic rings. The molecule has 2 amide bonds. The number of nitrogens with one attached hydrogen (secondary N) is 2. The third-order valence-corrected chi connectivity index (χ3v) is 4.36. The van der Waals surface area contributed by atoms with Crippen molar-refractivity contribution in [3.8, 4) is 0 Å². The Labute approximate surface area is 165 Å². The Morgan fingerprint density at radius 2 is 1.92 bits per heavy atom. The first-order valence-corrected chi connectivity index (χ1v) is 8.77. The highest BCUT2D eigenvalue weighted by atomic mass is 35.5. The molecular weight excluding hydrogens is 395 g/mol. The van der Waals surface area contributed by atoms with E-state index in [0.29, 0.717) is 45.1 Å². The molecule has 0 atom stereocenters. The van der Waals surface area contributed by atoms with Gasteiger partial charge in [-0.15, -0.1) is 0 Å². The van der Waals surface area contributed by atoms with Gasteiger partial charge in [0.25, 0.3) is 0 Å². The molecule has 0 radical (unpaired) electrons. The Bertz CT molecular complexity index is 950. The van der Waals surface area contributed by atoms with Gasteiger partial charge in [-0.05, 0) is 31.2 Å². The summed E-state index contributed by atoms with van der Waals surface area (Å²) in [4.78, 5) is 24.9. The summed E-state index contributed by atoms with van der Waals surface area (Å²) in [5.41, 5.74) is 1.44. The summed E-state index contributed by atoms with van der Waals surface area (Å²) in [5.74, 6) is 0.745. The van der Waals surface area contributed by atoms with Crippen LogP contribution in [0.15, 0.2) is 36.5 Å². The summed E-state index contributed by atoms with van der Waals surface area (Å²) in [6.45, 7) is 2.30. The highest BCUT2D eigenvalue weighted by Gasteiger charge is 2.14. The molecular formula is C16H14Cl2N6OS. The molecule has 26 heavy (non-hydrogen) atoms. The first-order chi connectivity index (χ1) is 12.5. The van der Waals surface area contributed by atoms with E-state index in [0.717, 1.165) is 4.31 Å². The second-order valence-corrected chi connectivity index (χ2v) is 6.35. The molecule has 2 heterocycles. The van der Waals surface area contributed by atoms with E-state index in [-0.39, 0.29) is 6.03 Å². The molecule has 0 saturated heterocycles. The van der Waals surface area contributed by atoms with Gasteiger partial charge in [0.05, 0.1) is 21.9 Å². The third-order valence-electron chi connectivity index (χ3n) is 3.35. The van der Waals surface area contributed by atoms with Crippen molar-refractivity contribution in [1.29, 1.82) is 0 Å². The zero-order valence-corrected chi connectivity index (χ0v) is 16.0. The van der Waals surface area contributed by atoms with Crippen LogP contribution in [-0.4, -0.2) is 27.5 Å². The molecule has 2 N–H and O–H groups in total. The average Bonchev–Trinajstić information content (AvgIpc) is 2.64. The quantitative estimate of drug-likeness (QED) is 0.555. The maximum Gasteiger partial charge on any atom is 0.333 e. The van der Waals surface area contributed by atoms with Crippen LogP contribution in [0.5, 0.6) is 0 Å². The van der Waals surface area contributed by atoms with Crippen molar-refractivity contribution in [2.24, 2.45) is 0 Å². The molecule has 10 heteroatoms. The van der Waals surface area contributed by atoms with Gasteiger partial charge in [0.2, 0.25) is 0 Å². The summed E-state index contributed by atoms with van der Waals surface area (Å²) in [6.07, 6.45) is 1.55. The average molecular weight is 409 g/mol. The van der Waals surface area contributed by atoms with Crippen LogP contribution in [0.3, 0.4) is 0 Å². The van der Waals surface area contributed by atoms with Crippen molar-refractivity contribution < 1.29 is 4.79 Å². The normalized spacial score (nSPS) is 10.6. The molecule has 2 aromatic heterocycles. The van der Waals surface area contributed by atoms with Gasteiger partial charge in [0, 0.05) is 6.54 Å². The number of benzene rings is 1. The maximum absolute atomic E-state index is 11.9. The van der Waals surface area contributed by atoms with Gasteiger partial charge in [-0.3, -0.25) is 0 Å². The summed E-state index contributed by atoms with van der Waals surface area (Å²) >= 11 is 16.5. The lowest BCUT2D eigenvalue weighted by Gasteiger charge is -2.15. The monoisotopic (exact) mass is 408 g/mol. The van der Waals surface area contributed by atoms with E-state index < -0.39 is 0 Å². The number of rotatable bonds is 4. The number of urea groups is 1. The Morgan fingerprint density at radius 3 is 2.62 bits per heavy atom. The van der Waals surface area contributed by atoms with E-state index in [1.54, 1.807) is 36.5 Å². The van der Waals surface area contributed by atoms with Crippen molar-refractivity contribution in [3.05, 3.63) is 46.6 Å². The number of amides is 2. The number of fused-ring (bicyclic) bond motifs is 1. The van der Waals surface area contributed by atoms with Gasteiger partial charge >= 0.3 is 6.03 Å². The summed E-state index contributed by atoms with van der Waals surface area (Å²) in [5, 5.41) is 6.59. The van der Waals surface area contributed by atoms with E-state index in [9.17, 15) is 4.79 Å². The van der Waals surface area contributed by atoms with Crippen LogP contribution in [0.4, 0.5) is 22.1 Å². The molecule has 3 rings (SSSR count). The summed E-state index contributed by atoms with van der Waals surface area (Å²) in [7, 11) is 0. The third kappa shape index (κ3) is 3.92. The van der Waals surface area contributed by atoms with Crippen LogP contribution in [0, 0.1) is 0 Å². The predicted octanol–water partition coefficient (Wildman–Crippen LogP) is 4.46. The van der Waals surface area contributed by atoms with E-state index >= 15 is 0 Å². The number of hydrogen-bond acceptors (Lipinski definition) is 6. The fourth-order valence-electron chi connectivity index (χ4n) is 2.14. The van der Waals surface area contributed by atoms with Gasteiger partial charge in [-0.2, -0.15) is 0 Å². The van der Waals surface area contributed by atoms with Crippen molar-refractivity contribution in [3.63, 3.8) is 0 Å². The molecule has 1 aromatic carbocycles. The minimum Gasteiger partial charge on any atom is -0.337 e. The lowest BCUT2D eigenvalue weighted by molar-refractivity contribution is 0.250. The lowest BCUT2D eigenvalue weighted by Crippen LogP contribution is -2.34. The Balaban J connectivity index is 1.93. The van der Waals surface area contributed by atoms with Crippen LogP contribution < -0.4 is 14.9 Å². The van der Waals surface area contributed by atoms with Gasteiger partial charge in [0.1, 0.15) is 11.3 Å². The number of halogens is 2. The number of carbonyl (C=O) groups is 1. The summed E-state index contributed by atoms with van der Waals surface area (Å²) < 4.78 is 1.11. The number of aromatic nitrogens is 3. The predicted molar refractivity (Wildman–Crippen MR) is 108 cm³/mol. The Morgan fingerprint density at radius 1 is 1.19 bits per heavy atom. The van der Waals surface area contributed by atoms with Gasteiger partial charge in [-0.1, -0.05) is 42.1 Å². The van der Waals surface area contributed by atoms with Gasteiger partial charge in [-0.25, -0.2) is 24.1 Å². The highest BCUT2D eigenvalue weighted by Crippen LogP contribution is 2.32. The molecule has 7 nitrogen and oxygen atoms in total. The molecule has 134 valence electrons. The van der Waals surface area contributed by atoms with Gasteiger partial charge in [0.15, 0.2) is 11.5 Å². The van der Waals surface area contributed by atoms with Crippen molar-refractivity contribution >= 4 is 70.5 Å². The molecule has 0 bridgehead atoms. The summed E-state index contributed by atoms with van der Waals surface area (Å²) in [6, 6.07) is 8.14. The van der Waals surface area contributed by atoms with E-state index in [1.807, 2.05) is 6.92 Å². The first-order valence-electron chi connectivity index (χ1n) is 7.61. The number of pyridine rings is 1. The zero-order chi connectivity index (χ0) is 18.7. The Hall–Kier alpha value is -2.29. The SMILES string of the molecule is CCNC(=O)N(S)c1ccc2ncc(Nc3c(Cl)cccc3Cl)nc2n1. The van der Waals surface area contributed by atoms with Crippen LogP contribution in [0.2, 0.25) is 10.0 Å². The number of carbonyl (C=O) groups excluding carboxylic acids is 1. The van der Waals surface area contributed by atoms with Gasteiger partial charge < -0.3 is 10.6 Å². The van der Waals surface area contributed by atoms with E-state index in [1.165, 1.54) is 0 Å². The standard InChI is InChI=1S/C16H14Cl2N6OS/c1-2-19-16(25)24(26)13-7-6-11-15(23-13)22-12(8-20-11)21-14-9(17)4-3-5-10(14)18/h3-8,26H,2H2,1H3,(H,19,25)(H,21,22,23). The Kier molecular flexibility index (Phi) is 5.65. The van der Waals surface area contributed by atoms with Crippen molar-refractivity contribution in [1.82, 2.24) is 20.3 Å². The van der Waals surface area contributed by atoms with E-state index in [4.69, 9.17) is 23.2 Å². The molecule has 0 aliphatic carbocycles. The number of thiol groups is 1. The fraction of sp³-hybridized carbons (Fsp3) is 0.125. The first kappa shape index (κ1) is 18.5. The minimum atomic E-state index is -0.382. The molecule has 0 saturated carbocycles. The molecule has 0 fully saturated rings. The number of para-hydroxylation sites is 1. The highest BCUT2D eigenvalue weighted by molar-refractivity contribution is 7.82. The van der Waals surface area contributed by atoms with Crippen LogP contribution >= 0.6 is 36.0 Å². The lowest BCUT2D eigenvalue weighted by atomic mass is 10.3. The second kappa shape index (κ2) is 7.94. The van der Waals surface area contributed by atoms with Crippen molar-refractivity contribution in [2.75, 3.05) is 16.2 Å². The number of hydrogen-bond donors (Lipinski definition) is 3. The molecule has 0 aliphatic heterocycles. The number of nitrogens with zero attached hydrogens (tertiary/aromatic N) is 4. The number of anilines is 3. The second-order valence-electron chi connectivity index (χ2n) is 5.14. The molecule has 0 unspecified atom stereocenters. The zero-order valence-electron chi connectivity index (χ0n) is 13.6. The molecule has 0 spiro atoms.